The molecule has 1 amide bonds. The van der Waals surface area contributed by atoms with Crippen molar-refractivity contribution in [2.45, 2.75) is 38.1 Å². The quantitative estimate of drug-likeness (QED) is 0.687. The highest BCUT2D eigenvalue weighted by molar-refractivity contribution is 5.80. The standard InChI is InChI=1S/C10H17NO2/c12-7-9-5-2-6-11(9)10(13)8-3-1-4-8/h8-9,12H,1-7H2. The SMILES string of the molecule is O=C(C1CCC1)N1CCCC1CO. The van der Waals surface area contributed by atoms with Crippen LogP contribution < -0.4 is 0 Å². The Morgan fingerprint density at radius 2 is 2.08 bits per heavy atom. The van der Waals surface area contributed by atoms with Crippen molar-refractivity contribution in [3.05, 3.63) is 0 Å². The van der Waals surface area contributed by atoms with Crippen molar-refractivity contribution in [2.24, 2.45) is 5.92 Å². The van der Waals surface area contributed by atoms with Gasteiger partial charge >= 0.3 is 0 Å². The summed E-state index contributed by atoms with van der Waals surface area (Å²) in [4.78, 5) is 13.7. The van der Waals surface area contributed by atoms with Gasteiger partial charge in [-0.3, -0.25) is 4.79 Å². The van der Waals surface area contributed by atoms with Gasteiger partial charge in [0.1, 0.15) is 0 Å². The molecule has 1 N–H and O–H groups in total. The van der Waals surface area contributed by atoms with E-state index >= 15 is 0 Å². The number of hydrogen-bond acceptors (Lipinski definition) is 2. The number of aliphatic hydroxyl groups is 1. The summed E-state index contributed by atoms with van der Waals surface area (Å²) in [5.41, 5.74) is 0. The van der Waals surface area contributed by atoms with Crippen LogP contribution in [0.5, 0.6) is 0 Å². The molecule has 1 saturated heterocycles. The largest absolute Gasteiger partial charge is 0.394 e. The van der Waals surface area contributed by atoms with Gasteiger partial charge in [0.25, 0.3) is 0 Å². The first-order chi connectivity index (χ1) is 6.33. The minimum absolute atomic E-state index is 0.119. The number of nitrogens with zero attached hydrogens (tertiary/aromatic N) is 1. The number of carbonyl (C=O) groups is 1. The van der Waals surface area contributed by atoms with Crippen molar-refractivity contribution < 1.29 is 9.90 Å². The molecule has 0 spiro atoms. The van der Waals surface area contributed by atoms with Gasteiger partial charge in [-0.25, -0.2) is 0 Å². The predicted octanol–water partition coefficient (Wildman–Crippen LogP) is 0.770. The maximum Gasteiger partial charge on any atom is 0.226 e. The average Bonchev–Trinajstić information content (AvgIpc) is 2.47. The third-order valence-corrected chi connectivity index (χ3v) is 3.33. The van der Waals surface area contributed by atoms with Crippen LogP contribution in [0.4, 0.5) is 0 Å². The minimum Gasteiger partial charge on any atom is -0.394 e. The Bertz CT molecular complexity index is 201. The van der Waals surface area contributed by atoms with Gasteiger partial charge in [0.2, 0.25) is 5.91 Å². The molecule has 2 fully saturated rings. The van der Waals surface area contributed by atoms with Crippen LogP contribution >= 0.6 is 0 Å². The molecule has 0 aromatic rings. The summed E-state index contributed by atoms with van der Waals surface area (Å²) in [6.07, 6.45) is 5.37. The second-order valence-corrected chi connectivity index (χ2v) is 4.14. The summed E-state index contributed by atoms with van der Waals surface area (Å²) in [5.74, 6) is 0.579. The number of likely N-dealkylation sites (tertiary alicyclic amines) is 1. The molecule has 1 aliphatic heterocycles. The molecule has 1 saturated carbocycles. The maximum atomic E-state index is 11.8. The molecular weight excluding hydrogens is 166 g/mol. The lowest BCUT2D eigenvalue weighted by Gasteiger charge is -2.32. The normalized spacial score (nSPS) is 29.0. The molecule has 3 heteroatoms. The molecule has 0 aromatic carbocycles. The number of hydrogen-bond donors (Lipinski definition) is 1. The lowest BCUT2D eigenvalue weighted by atomic mass is 9.84. The van der Waals surface area contributed by atoms with E-state index < -0.39 is 0 Å². The third kappa shape index (κ3) is 1.57. The highest BCUT2D eigenvalue weighted by Gasteiger charge is 2.34. The van der Waals surface area contributed by atoms with E-state index in [-0.39, 0.29) is 18.6 Å². The number of amides is 1. The van der Waals surface area contributed by atoms with E-state index in [0.29, 0.717) is 5.91 Å². The molecule has 13 heavy (non-hydrogen) atoms. The summed E-state index contributed by atoms with van der Waals surface area (Å²) in [6.45, 7) is 0.999. The number of carbonyl (C=O) groups excluding carboxylic acids is 1. The smallest absolute Gasteiger partial charge is 0.226 e. The number of rotatable bonds is 2. The fourth-order valence-corrected chi connectivity index (χ4v) is 2.21. The zero-order chi connectivity index (χ0) is 9.26. The minimum atomic E-state index is 0.119. The fraction of sp³-hybridized carbons (Fsp3) is 0.900. The topological polar surface area (TPSA) is 40.5 Å². The molecule has 1 atom stereocenters. The summed E-state index contributed by atoms with van der Waals surface area (Å²) < 4.78 is 0. The van der Waals surface area contributed by atoms with Gasteiger partial charge in [0.05, 0.1) is 12.6 Å². The van der Waals surface area contributed by atoms with Crippen molar-refractivity contribution in [3.8, 4) is 0 Å². The van der Waals surface area contributed by atoms with Crippen LogP contribution in [-0.2, 0) is 4.79 Å². The Morgan fingerprint density at radius 1 is 1.31 bits per heavy atom. The Balaban J connectivity index is 1.94. The molecule has 0 radical (unpaired) electrons. The van der Waals surface area contributed by atoms with Crippen molar-refractivity contribution in [1.29, 1.82) is 0 Å². The Hall–Kier alpha value is -0.570. The molecule has 3 nitrogen and oxygen atoms in total. The van der Waals surface area contributed by atoms with Gasteiger partial charge in [-0.2, -0.15) is 0 Å². The first-order valence-electron chi connectivity index (χ1n) is 5.24. The van der Waals surface area contributed by atoms with E-state index in [9.17, 15) is 4.79 Å². The zero-order valence-corrected chi connectivity index (χ0v) is 7.91. The second kappa shape index (κ2) is 3.66. The van der Waals surface area contributed by atoms with Gasteiger partial charge in [-0.15, -0.1) is 0 Å². The summed E-state index contributed by atoms with van der Waals surface area (Å²) in [6, 6.07) is 0.119. The van der Waals surface area contributed by atoms with Crippen LogP contribution in [0, 0.1) is 5.92 Å². The summed E-state index contributed by atoms with van der Waals surface area (Å²) in [5, 5.41) is 9.06. The van der Waals surface area contributed by atoms with E-state index in [4.69, 9.17) is 5.11 Å². The summed E-state index contributed by atoms with van der Waals surface area (Å²) in [7, 11) is 0. The zero-order valence-electron chi connectivity index (χ0n) is 7.91. The van der Waals surface area contributed by atoms with Gasteiger partial charge in [0.15, 0.2) is 0 Å². The van der Waals surface area contributed by atoms with E-state index in [1.54, 1.807) is 0 Å². The molecule has 1 unspecified atom stereocenters. The second-order valence-electron chi connectivity index (χ2n) is 4.14. The molecule has 1 heterocycles. The van der Waals surface area contributed by atoms with Crippen LogP contribution in [0.1, 0.15) is 32.1 Å². The Kier molecular flexibility index (Phi) is 2.54. The van der Waals surface area contributed by atoms with Gasteiger partial charge in [-0.05, 0) is 25.7 Å². The Morgan fingerprint density at radius 3 is 2.62 bits per heavy atom. The van der Waals surface area contributed by atoms with E-state index in [1.165, 1.54) is 6.42 Å². The fourth-order valence-electron chi connectivity index (χ4n) is 2.21. The maximum absolute atomic E-state index is 11.8. The van der Waals surface area contributed by atoms with Gasteiger partial charge < -0.3 is 10.0 Å². The van der Waals surface area contributed by atoms with E-state index in [2.05, 4.69) is 0 Å². The van der Waals surface area contributed by atoms with Crippen LogP contribution in [0.3, 0.4) is 0 Å². The molecule has 0 bridgehead atoms. The van der Waals surface area contributed by atoms with Gasteiger partial charge in [-0.1, -0.05) is 6.42 Å². The molecule has 2 aliphatic rings. The van der Waals surface area contributed by atoms with Crippen LogP contribution in [-0.4, -0.2) is 35.1 Å². The van der Waals surface area contributed by atoms with Crippen molar-refractivity contribution in [2.75, 3.05) is 13.2 Å². The highest BCUT2D eigenvalue weighted by Crippen LogP contribution is 2.30. The van der Waals surface area contributed by atoms with E-state index in [1.807, 2.05) is 4.90 Å². The summed E-state index contributed by atoms with van der Waals surface area (Å²) >= 11 is 0. The monoisotopic (exact) mass is 183 g/mol. The van der Waals surface area contributed by atoms with Crippen LogP contribution in [0.2, 0.25) is 0 Å². The third-order valence-electron chi connectivity index (χ3n) is 3.33. The molecule has 74 valence electrons. The molecule has 1 aliphatic carbocycles. The molecule has 2 rings (SSSR count). The van der Waals surface area contributed by atoms with Crippen molar-refractivity contribution in [3.63, 3.8) is 0 Å². The predicted molar refractivity (Wildman–Crippen MR) is 49.2 cm³/mol. The highest BCUT2D eigenvalue weighted by atomic mass is 16.3. The number of aliphatic hydroxyl groups excluding tert-OH is 1. The van der Waals surface area contributed by atoms with Crippen molar-refractivity contribution in [1.82, 2.24) is 4.90 Å². The lowest BCUT2D eigenvalue weighted by molar-refractivity contribution is -0.139. The van der Waals surface area contributed by atoms with Crippen LogP contribution in [0.15, 0.2) is 0 Å². The van der Waals surface area contributed by atoms with Crippen LogP contribution in [0.25, 0.3) is 0 Å². The van der Waals surface area contributed by atoms with Crippen molar-refractivity contribution >= 4 is 5.91 Å². The van der Waals surface area contributed by atoms with E-state index in [0.717, 1.165) is 32.2 Å². The Labute approximate surface area is 78.7 Å². The molecular formula is C10H17NO2. The van der Waals surface area contributed by atoms with Gasteiger partial charge in [0, 0.05) is 12.5 Å². The first kappa shape index (κ1) is 9.00. The lowest BCUT2D eigenvalue weighted by Crippen LogP contribution is -2.43. The first-order valence-corrected chi connectivity index (χ1v) is 5.24. The average molecular weight is 183 g/mol. The molecule has 0 aromatic heterocycles.